The minimum absolute atomic E-state index is 0.391. The van der Waals surface area contributed by atoms with Gasteiger partial charge in [0.05, 0.1) is 12.2 Å². The molecule has 15 heavy (non-hydrogen) atoms. The second kappa shape index (κ2) is 4.40. The van der Waals surface area contributed by atoms with E-state index in [9.17, 15) is 0 Å². The van der Waals surface area contributed by atoms with E-state index in [-0.39, 0.29) is 0 Å². The van der Waals surface area contributed by atoms with E-state index in [0.717, 1.165) is 19.6 Å². The third kappa shape index (κ3) is 2.92. The highest BCUT2D eigenvalue weighted by atomic mass is 16.5. The van der Waals surface area contributed by atoms with Crippen LogP contribution in [-0.2, 0) is 4.74 Å². The van der Waals surface area contributed by atoms with Gasteiger partial charge in [-0.2, -0.15) is 0 Å². The normalized spacial score (nSPS) is 35.4. The van der Waals surface area contributed by atoms with E-state index in [1.165, 1.54) is 25.8 Å². The van der Waals surface area contributed by atoms with Crippen LogP contribution in [0.4, 0.5) is 0 Å². The van der Waals surface area contributed by atoms with Crippen molar-refractivity contribution in [2.24, 2.45) is 11.1 Å². The van der Waals surface area contributed by atoms with Gasteiger partial charge in [-0.3, -0.25) is 4.90 Å². The van der Waals surface area contributed by atoms with Gasteiger partial charge >= 0.3 is 0 Å². The predicted molar refractivity (Wildman–Crippen MR) is 61.8 cm³/mol. The molecular formula is C12H24N2O. The molecule has 0 bridgehead atoms. The van der Waals surface area contributed by atoms with E-state index in [0.29, 0.717) is 17.6 Å². The fourth-order valence-electron chi connectivity index (χ4n) is 2.86. The summed E-state index contributed by atoms with van der Waals surface area (Å²) < 4.78 is 5.74. The number of nitrogens with two attached hydrogens (primary N) is 1. The Morgan fingerprint density at radius 3 is 2.33 bits per heavy atom. The van der Waals surface area contributed by atoms with Crippen molar-refractivity contribution in [3.05, 3.63) is 0 Å². The van der Waals surface area contributed by atoms with Crippen LogP contribution in [-0.4, -0.2) is 43.3 Å². The molecule has 1 heterocycles. The number of rotatable bonds is 4. The zero-order valence-electron chi connectivity index (χ0n) is 10.0. The van der Waals surface area contributed by atoms with Crippen molar-refractivity contribution in [2.75, 3.05) is 26.2 Å². The summed E-state index contributed by atoms with van der Waals surface area (Å²) in [6, 6.07) is 0. The lowest BCUT2D eigenvalue weighted by Gasteiger charge is -2.37. The summed E-state index contributed by atoms with van der Waals surface area (Å²) in [5.41, 5.74) is 6.25. The van der Waals surface area contributed by atoms with Gasteiger partial charge in [0.25, 0.3) is 0 Å². The van der Waals surface area contributed by atoms with E-state index >= 15 is 0 Å². The highest BCUT2D eigenvalue weighted by molar-refractivity contribution is 4.96. The maximum Gasteiger partial charge on any atom is 0.0678 e. The summed E-state index contributed by atoms with van der Waals surface area (Å²) in [5.74, 6) is 0. The molecular weight excluding hydrogens is 188 g/mol. The lowest BCUT2D eigenvalue weighted by Crippen LogP contribution is -2.47. The van der Waals surface area contributed by atoms with E-state index in [1.54, 1.807) is 0 Å². The van der Waals surface area contributed by atoms with Gasteiger partial charge in [-0.25, -0.2) is 0 Å². The quantitative estimate of drug-likeness (QED) is 0.761. The average Bonchev–Trinajstić information content (AvgIpc) is 2.83. The molecule has 88 valence electrons. The maximum absolute atomic E-state index is 5.74. The fraction of sp³-hybridized carbons (Fsp3) is 1.00. The summed E-state index contributed by atoms with van der Waals surface area (Å²) >= 11 is 0. The Balaban J connectivity index is 1.83. The third-order valence-corrected chi connectivity index (χ3v) is 3.69. The van der Waals surface area contributed by atoms with Crippen LogP contribution in [0.25, 0.3) is 0 Å². The van der Waals surface area contributed by atoms with Gasteiger partial charge in [0.1, 0.15) is 0 Å². The number of nitrogens with zero attached hydrogens (tertiary/aromatic N) is 1. The molecule has 2 atom stereocenters. The topological polar surface area (TPSA) is 38.5 Å². The molecule has 0 spiro atoms. The Bertz CT molecular complexity index is 206. The maximum atomic E-state index is 5.74. The van der Waals surface area contributed by atoms with Crippen LogP contribution >= 0.6 is 0 Å². The lowest BCUT2D eigenvalue weighted by molar-refractivity contribution is -0.0727. The van der Waals surface area contributed by atoms with E-state index in [2.05, 4.69) is 18.7 Å². The first-order chi connectivity index (χ1) is 7.13. The monoisotopic (exact) mass is 212 g/mol. The first-order valence-corrected chi connectivity index (χ1v) is 6.21. The molecule has 2 N–H and O–H groups in total. The Labute approximate surface area is 93.0 Å². The van der Waals surface area contributed by atoms with Gasteiger partial charge in [0, 0.05) is 19.6 Å². The van der Waals surface area contributed by atoms with Crippen LogP contribution in [0.3, 0.4) is 0 Å². The molecule has 1 aliphatic carbocycles. The van der Waals surface area contributed by atoms with Crippen molar-refractivity contribution in [2.45, 2.75) is 45.3 Å². The van der Waals surface area contributed by atoms with Gasteiger partial charge in [0.2, 0.25) is 0 Å². The van der Waals surface area contributed by atoms with E-state index < -0.39 is 0 Å². The van der Waals surface area contributed by atoms with Crippen molar-refractivity contribution >= 4 is 0 Å². The number of hydrogen-bond donors (Lipinski definition) is 1. The Hall–Kier alpha value is -0.120. The first-order valence-electron chi connectivity index (χ1n) is 6.21. The Kier molecular flexibility index (Phi) is 3.33. The molecule has 2 unspecified atom stereocenters. The highest BCUT2D eigenvalue weighted by Crippen LogP contribution is 2.49. The highest BCUT2D eigenvalue weighted by Gasteiger charge is 2.43. The summed E-state index contributed by atoms with van der Waals surface area (Å²) in [4.78, 5) is 2.57. The Morgan fingerprint density at radius 2 is 1.87 bits per heavy atom. The molecule has 1 aliphatic heterocycles. The van der Waals surface area contributed by atoms with Gasteiger partial charge in [-0.1, -0.05) is 0 Å². The van der Waals surface area contributed by atoms with Crippen LogP contribution < -0.4 is 5.73 Å². The lowest BCUT2D eigenvalue weighted by atomic mass is 10.0. The smallest absolute Gasteiger partial charge is 0.0678 e. The molecule has 3 heteroatoms. The zero-order valence-corrected chi connectivity index (χ0v) is 10.0. The average molecular weight is 212 g/mol. The second-order valence-corrected chi connectivity index (χ2v) is 5.49. The molecule has 1 saturated heterocycles. The van der Waals surface area contributed by atoms with Crippen LogP contribution in [0.15, 0.2) is 0 Å². The van der Waals surface area contributed by atoms with Crippen LogP contribution in [0.2, 0.25) is 0 Å². The third-order valence-electron chi connectivity index (χ3n) is 3.69. The molecule has 2 aliphatic rings. The van der Waals surface area contributed by atoms with Gasteiger partial charge in [-0.05, 0) is 45.1 Å². The molecule has 3 nitrogen and oxygen atoms in total. The fourth-order valence-corrected chi connectivity index (χ4v) is 2.86. The first kappa shape index (κ1) is 11.4. The molecule has 2 fully saturated rings. The second-order valence-electron chi connectivity index (χ2n) is 5.49. The number of hydrogen-bond acceptors (Lipinski definition) is 3. The van der Waals surface area contributed by atoms with Gasteiger partial charge < -0.3 is 10.5 Å². The van der Waals surface area contributed by atoms with E-state index in [4.69, 9.17) is 10.5 Å². The van der Waals surface area contributed by atoms with Crippen LogP contribution in [0, 0.1) is 5.41 Å². The SMILES string of the molecule is CC1CN(CC2(CCN)CC2)CC(C)O1. The van der Waals surface area contributed by atoms with Crippen molar-refractivity contribution < 1.29 is 4.74 Å². The minimum atomic E-state index is 0.391. The summed E-state index contributed by atoms with van der Waals surface area (Å²) in [6.07, 6.45) is 4.74. The van der Waals surface area contributed by atoms with Gasteiger partial charge in [-0.15, -0.1) is 0 Å². The summed E-state index contributed by atoms with van der Waals surface area (Å²) in [6.45, 7) is 8.61. The number of morpholine rings is 1. The molecule has 1 saturated carbocycles. The molecule has 0 aromatic heterocycles. The van der Waals surface area contributed by atoms with Gasteiger partial charge in [0.15, 0.2) is 0 Å². The predicted octanol–water partition coefficient (Wildman–Crippen LogP) is 1.22. The molecule has 0 aromatic carbocycles. The summed E-state index contributed by atoms with van der Waals surface area (Å²) in [7, 11) is 0. The Morgan fingerprint density at radius 1 is 1.27 bits per heavy atom. The molecule has 0 aromatic rings. The largest absolute Gasteiger partial charge is 0.373 e. The van der Waals surface area contributed by atoms with Crippen molar-refractivity contribution in [3.63, 3.8) is 0 Å². The molecule has 0 radical (unpaired) electrons. The van der Waals surface area contributed by atoms with Crippen molar-refractivity contribution in [3.8, 4) is 0 Å². The summed E-state index contributed by atoms with van der Waals surface area (Å²) in [5, 5.41) is 0. The molecule has 0 amide bonds. The van der Waals surface area contributed by atoms with Crippen molar-refractivity contribution in [1.82, 2.24) is 4.90 Å². The standard InChI is InChI=1S/C12H24N2O/c1-10-7-14(8-11(2)15-10)9-12(3-4-12)5-6-13/h10-11H,3-9,13H2,1-2H3. The number of ether oxygens (including phenoxy) is 1. The van der Waals surface area contributed by atoms with Crippen LogP contribution in [0.5, 0.6) is 0 Å². The van der Waals surface area contributed by atoms with E-state index in [1.807, 2.05) is 0 Å². The van der Waals surface area contributed by atoms with Crippen LogP contribution in [0.1, 0.15) is 33.1 Å². The molecule has 2 rings (SSSR count). The minimum Gasteiger partial charge on any atom is -0.373 e. The zero-order chi connectivity index (χ0) is 10.9. The van der Waals surface area contributed by atoms with Crippen molar-refractivity contribution in [1.29, 1.82) is 0 Å².